The van der Waals surface area contributed by atoms with Crippen molar-refractivity contribution >= 4 is 6.29 Å². The molecule has 14 heavy (non-hydrogen) atoms. The molecule has 0 bridgehead atoms. The summed E-state index contributed by atoms with van der Waals surface area (Å²) < 4.78 is 4.80. The van der Waals surface area contributed by atoms with Crippen LogP contribution < -0.4 is 0 Å². The van der Waals surface area contributed by atoms with E-state index in [0.717, 1.165) is 30.6 Å². The Labute approximate surface area is 87.3 Å². The van der Waals surface area contributed by atoms with Gasteiger partial charge in [-0.25, -0.2) is 0 Å². The van der Waals surface area contributed by atoms with Crippen LogP contribution in [0.4, 0.5) is 0 Å². The first-order valence-corrected chi connectivity index (χ1v) is 5.41. The number of unbranched alkanes of at least 4 members (excludes halogenated alkanes) is 1. The summed E-state index contributed by atoms with van der Waals surface area (Å²) in [6, 6.07) is 0. The van der Waals surface area contributed by atoms with Crippen molar-refractivity contribution in [3.05, 3.63) is 11.8 Å². The summed E-state index contributed by atoms with van der Waals surface area (Å²) in [7, 11) is 1.57. The highest BCUT2D eigenvalue weighted by molar-refractivity contribution is 5.72. The van der Waals surface area contributed by atoms with Crippen LogP contribution in [0.2, 0.25) is 0 Å². The third-order valence-corrected chi connectivity index (χ3v) is 2.53. The van der Waals surface area contributed by atoms with Crippen LogP contribution in [-0.2, 0) is 9.53 Å². The van der Waals surface area contributed by atoms with E-state index < -0.39 is 0 Å². The minimum absolute atomic E-state index is 0.761. The van der Waals surface area contributed by atoms with Crippen LogP contribution in [0.1, 0.15) is 46.0 Å². The third-order valence-electron chi connectivity index (χ3n) is 2.53. The molecule has 82 valence electrons. The maximum Gasteiger partial charge on any atom is 0.149 e. The van der Waals surface area contributed by atoms with Gasteiger partial charge in [0.1, 0.15) is 6.29 Å². The van der Waals surface area contributed by atoms with Gasteiger partial charge >= 0.3 is 0 Å². The lowest BCUT2D eigenvalue weighted by atomic mass is 10.00. The van der Waals surface area contributed by atoms with E-state index in [0.29, 0.717) is 0 Å². The van der Waals surface area contributed by atoms with Crippen molar-refractivity contribution in [3.63, 3.8) is 0 Å². The van der Waals surface area contributed by atoms with Gasteiger partial charge in [-0.2, -0.15) is 0 Å². The Kier molecular flexibility index (Phi) is 8.30. The molecule has 0 heterocycles. The van der Waals surface area contributed by atoms with Crippen molar-refractivity contribution in [1.29, 1.82) is 0 Å². The molecule has 0 fully saturated rings. The van der Waals surface area contributed by atoms with Crippen LogP contribution in [0.5, 0.6) is 0 Å². The molecule has 0 rings (SSSR count). The Morgan fingerprint density at radius 3 is 2.64 bits per heavy atom. The van der Waals surface area contributed by atoms with Crippen LogP contribution in [0.15, 0.2) is 11.8 Å². The molecule has 1 atom stereocenters. The molecule has 0 spiro atoms. The van der Waals surface area contributed by atoms with Crippen LogP contribution in [0.25, 0.3) is 0 Å². The largest absolute Gasteiger partial charge is 0.504 e. The van der Waals surface area contributed by atoms with Gasteiger partial charge in [0, 0.05) is 5.57 Å². The van der Waals surface area contributed by atoms with Gasteiger partial charge in [0.05, 0.1) is 13.4 Å². The number of allylic oxidation sites excluding steroid dienone is 1. The van der Waals surface area contributed by atoms with Crippen LogP contribution in [-0.4, -0.2) is 13.4 Å². The number of methoxy groups -OCH3 is 1. The average molecular weight is 198 g/mol. The minimum atomic E-state index is 0.761. The van der Waals surface area contributed by atoms with E-state index in [1.807, 2.05) is 0 Å². The van der Waals surface area contributed by atoms with Crippen molar-refractivity contribution in [3.8, 4) is 0 Å². The van der Waals surface area contributed by atoms with Crippen molar-refractivity contribution < 1.29 is 9.53 Å². The normalized spacial score (nSPS) is 13.8. The maximum absolute atomic E-state index is 10.5. The SMILES string of the molecule is CCC(C)CCCCC(C=O)=COC. The molecule has 2 nitrogen and oxygen atoms in total. The molecule has 0 aliphatic rings. The van der Waals surface area contributed by atoms with Crippen molar-refractivity contribution in [2.75, 3.05) is 7.11 Å². The number of ether oxygens (including phenoxy) is 1. The summed E-state index contributed by atoms with van der Waals surface area (Å²) >= 11 is 0. The topological polar surface area (TPSA) is 26.3 Å². The Bertz CT molecular complexity index is 173. The number of rotatable bonds is 8. The van der Waals surface area contributed by atoms with Gasteiger partial charge < -0.3 is 4.74 Å². The highest BCUT2D eigenvalue weighted by Crippen LogP contribution is 2.14. The lowest BCUT2D eigenvalue weighted by Crippen LogP contribution is -1.93. The van der Waals surface area contributed by atoms with Crippen LogP contribution in [0, 0.1) is 5.92 Å². The first kappa shape index (κ1) is 13.2. The zero-order valence-electron chi connectivity index (χ0n) is 9.58. The first-order valence-electron chi connectivity index (χ1n) is 5.41. The number of aldehydes is 1. The van der Waals surface area contributed by atoms with E-state index in [1.165, 1.54) is 25.5 Å². The smallest absolute Gasteiger partial charge is 0.149 e. The second kappa shape index (κ2) is 8.79. The van der Waals surface area contributed by atoms with Crippen molar-refractivity contribution in [2.24, 2.45) is 5.92 Å². The molecule has 2 heteroatoms. The molecular weight excluding hydrogens is 176 g/mol. The molecule has 0 amide bonds. The highest BCUT2D eigenvalue weighted by atomic mass is 16.5. The number of hydrogen-bond acceptors (Lipinski definition) is 2. The van der Waals surface area contributed by atoms with Gasteiger partial charge in [0.2, 0.25) is 0 Å². The van der Waals surface area contributed by atoms with Gasteiger partial charge in [0.15, 0.2) is 0 Å². The molecule has 0 N–H and O–H groups in total. The highest BCUT2D eigenvalue weighted by Gasteiger charge is 2.00. The first-order chi connectivity index (χ1) is 6.74. The predicted molar refractivity (Wildman–Crippen MR) is 59.1 cm³/mol. The standard InChI is InChI=1S/C12H22O2/c1-4-11(2)7-5-6-8-12(9-13)10-14-3/h9-11H,4-8H2,1-3H3. The van der Waals surface area contributed by atoms with Crippen LogP contribution in [0.3, 0.4) is 0 Å². The molecule has 0 aliphatic heterocycles. The van der Waals surface area contributed by atoms with E-state index in [9.17, 15) is 4.79 Å². The van der Waals surface area contributed by atoms with E-state index >= 15 is 0 Å². The predicted octanol–water partition coefficient (Wildman–Crippen LogP) is 3.32. The molecule has 1 unspecified atom stereocenters. The summed E-state index contributed by atoms with van der Waals surface area (Å²) in [4.78, 5) is 10.5. The molecule has 0 radical (unpaired) electrons. The summed E-state index contributed by atoms with van der Waals surface area (Å²) in [5.74, 6) is 0.807. The van der Waals surface area contributed by atoms with Gasteiger partial charge in [-0.05, 0) is 18.8 Å². The molecule has 0 saturated heterocycles. The summed E-state index contributed by atoms with van der Waals surface area (Å²) in [6.07, 6.45) is 8.04. The lowest BCUT2D eigenvalue weighted by molar-refractivity contribution is -0.105. The van der Waals surface area contributed by atoms with E-state index in [2.05, 4.69) is 13.8 Å². The maximum atomic E-state index is 10.5. The Morgan fingerprint density at radius 1 is 1.43 bits per heavy atom. The van der Waals surface area contributed by atoms with E-state index in [1.54, 1.807) is 7.11 Å². The van der Waals surface area contributed by atoms with E-state index in [4.69, 9.17) is 4.74 Å². The fourth-order valence-electron chi connectivity index (χ4n) is 1.32. The number of carbonyl (C=O) groups excluding carboxylic acids is 1. The van der Waals surface area contributed by atoms with Crippen LogP contribution >= 0.6 is 0 Å². The fourth-order valence-corrected chi connectivity index (χ4v) is 1.32. The zero-order valence-corrected chi connectivity index (χ0v) is 9.58. The van der Waals surface area contributed by atoms with Gasteiger partial charge in [0.25, 0.3) is 0 Å². The van der Waals surface area contributed by atoms with E-state index in [-0.39, 0.29) is 0 Å². The summed E-state index contributed by atoms with van der Waals surface area (Å²) in [6.45, 7) is 4.48. The Hall–Kier alpha value is -0.790. The second-order valence-corrected chi connectivity index (χ2v) is 3.81. The Balaban J connectivity index is 3.52. The molecule has 0 aromatic carbocycles. The third kappa shape index (κ3) is 6.70. The lowest BCUT2D eigenvalue weighted by Gasteiger charge is -2.07. The average Bonchev–Trinajstić information content (AvgIpc) is 2.22. The monoisotopic (exact) mass is 198 g/mol. The van der Waals surface area contributed by atoms with Gasteiger partial charge in [-0.15, -0.1) is 0 Å². The number of carbonyl (C=O) groups is 1. The Morgan fingerprint density at radius 2 is 2.14 bits per heavy atom. The summed E-state index contributed by atoms with van der Waals surface area (Å²) in [5, 5.41) is 0. The number of hydrogen-bond donors (Lipinski definition) is 0. The summed E-state index contributed by atoms with van der Waals surface area (Å²) in [5.41, 5.74) is 0.761. The molecule has 0 aliphatic carbocycles. The minimum Gasteiger partial charge on any atom is -0.504 e. The van der Waals surface area contributed by atoms with Crippen molar-refractivity contribution in [2.45, 2.75) is 46.0 Å². The molecule has 0 aromatic rings. The molecule has 0 saturated carbocycles. The molecule has 0 aromatic heterocycles. The van der Waals surface area contributed by atoms with Crippen molar-refractivity contribution in [1.82, 2.24) is 0 Å². The fraction of sp³-hybridized carbons (Fsp3) is 0.750. The van der Waals surface area contributed by atoms with Gasteiger partial charge in [-0.1, -0.05) is 33.1 Å². The second-order valence-electron chi connectivity index (χ2n) is 3.81. The van der Waals surface area contributed by atoms with Gasteiger partial charge in [-0.3, -0.25) is 4.79 Å². The quantitative estimate of drug-likeness (QED) is 0.259. The zero-order chi connectivity index (χ0) is 10.8. The molecular formula is C12H22O2.